The van der Waals surface area contributed by atoms with Gasteiger partial charge in [-0.25, -0.2) is 4.39 Å². The van der Waals surface area contributed by atoms with Gasteiger partial charge in [-0.3, -0.25) is 0 Å². The fourth-order valence-corrected chi connectivity index (χ4v) is 2.30. The third-order valence-electron chi connectivity index (χ3n) is 3.27. The van der Waals surface area contributed by atoms with Gasteiger partial charge in [-0.1, -0.05) is 41.1 Å². The maximum Gasteiger partial charge on any atom is 0.175 e. The van der Waals surface area contributed by atoms with Gasteiger partial charge in [-0.05, 0) is 24.6 Å². The maximum atomic E-state index is 14.0. The van der Waals surface area contributed by atoms with Gasteiger partial charge in [0.25, 0.3) is 0 Å². The van der Waals surface area contributed by atoms with Crippen LogP contribution in [0.1, 0.15) is 16.7 Å². The molecule has 0 bridgehead atoms. The van der Waals surface area contributed by atoms with Crippen molar-refractivity contribution in [2.75, 3.05) is 11.9 Å². The molecule has 0 unspecified atom stereocenters. The Kier molecular flexibility index (Phi) is 4.42. The smallest absolute Gasteiger partial charge is 0.175 e. The summed E-state index contributed by atoms with van der Waals surface area (Å²) in [6.45, 7) is 2.62. The van der Waals surface area contributed by atoms with E-state index in [2.05, 4.69) is 11.2 Å². The number of anilines is 1. The van der Waals surface area contributed by atoms with E-state index in [-0.39, 0.29) is 11.4 Å². The van der Waals surface area contributed by atoms with Crippen LogP contribution < -0.4 is 10.6 Å². The predicted molar refractivity (Wildman–Crippen MR) is 82.2 cm³/mol. The summed E-state index contributed by atoms with van der Waals surface area (Å²) in [5, 5.41) is 11.7. The Bertz CT molecular complexity index is 670. The van der Waals surface area contributed by atoms with Crippen LogP contribution in [0.4, 0.5) is 10.1 Å². The van der Waals surface area contributed by atoms with Gasteiger partial charge in [-0.15, -0.1) is 0 Å². The highest BCUT2D eigenvalue weighted by atomic mass is 19.1. The second-order valence-electron chi connectivity index (χ2n) is 4.96. The number of oxime groups is 1. The Labute approximate surface area is 123 Å². The Hall–Kier alpha value is -2.56. The lowest BCUT2D eigenvalue weighted by molar-refractivity contribution is 0.318. The molecule has 0 spiro atoms. The molecule has 0 saturated heterocycles. The molecule has 2 rings (SSSR count). The number of amidine groups is 1. The lowest BCUT2D eigenvalue weighted by atomic mass is 10.1. The van der Waals surface area contributed by atoms with E-state index in [1.807, 2.05) is 37.1 Å². The first-order valence-corrected chi connectivity index (χ1v) is 6.56. The van der Waals surface area contributed by atoms with Crippen molar-refractivity contribution >= 4 is 11.5 Å². The molecule has 5 heteroatoms. The maximum absolute atomic E-state index is 14.0. The average Bonchev–Trinajstić information content (AvgIpc) is 2.46. The molecule has 3 N–H and O–H groups in total. The summed E-state index contributed by atoms with van der Waals surface area (Å²) in [5.41, 5.74) is 8.53. The third-order valence-corrected chi connectivity index (χ3v) is 3.27. The molecule has 2 aromatic rings. The van der Waals surface area contributed by atoms with Crippen LogP contribution in [-0.2, 0) is 6.54 Å². The van der Waals surface area contributed by atoms with Gasteiger partial charge in [0.1, 0.15) is 5.82 Å². The van der Waals surface area contributed by atoms with Crippen molar-refractivity contribution in [3.8, 4) is 0 Å². The largest absolute Gasteiger partial charge is 0.409 e. The lowest BCUT2D eigenvalue weighted by Crippen LogP contribution is -2.23. The zero-order valence-electron chi connectivity index (χ0n) is 12.0. The lowest BCUT2D eigenvalue weighted by Gasteiger charge is -2.22. The normalized spacial score (nSPS) is 11.5. The first-order chi connectivity index (χ1) is 10.0. The number of halogens is 1. The van der Waals surface area contributed by atoms with Crippen molar-refractivity contribution in [2.24, 2.45) is 10.9 Å². The summed E-state index contributed by atoms with van der Waals surface area (Å²) < 4.78 is 14.0. The molecule has 0 fully saturated rings. The van der Waals surface area contributed by atoms with Crippen LogP contribution in [0.3, 0.4) is 0 Å². The van der Waals surface area contributed by atoms with Crippen LogP contribution in [0, 0.1) is 12.7 Å². The van der Waals surface area contributed by atoms with E-state index in [1.165, 1.54) is 6.07 Å². The topological polar surface area (TPSA) is 61.8 Å². The number of nitrogens with zero attached hydrogens (tertiary/aromatic N) is 2. The number of aryl methyl sites for hydroxylation is 1. The SMILES string of the molecule is Cc1cccc(CN(C)c2cccc(F)c2C(N)=NO)c1. The molecule has 0 amide bonds. The molecule has 110 valence electrons. The number of hydrogen-bond donors (Lipinski definition) is 2. The van der Waals surface area contributed by atoms with E-state index < -0.39 is 5.82 Å². The van der Waals surface area contributed by atoms with Gasteiger partial charge >= 0.3 is 0 Å². The van der Waals surface area contributed by atoms with Crippen molar-refractivity contribution in [3.63, 3.8) is 0 Å². The van der Waals surface area contributed by atoms with Crippen molar-refractivity contribution in [1.29, 1.82) is 0 Å². The Balaban J connectivity index is 2.35. The number of rotatable bonds is 4. The zero-order chi connectivity index (χ0) is 15.4. The second kappa shape index (κ2) is 6.26. The molecule has 0 aliphatic heterocycles. The monoisotopic (exact) mass is 287 g/mol. The van der Waals surface area contributed by atoms with Gasteiger partial charge in [0.15, 0.2) is 5.84 Å². The van der Waals surface area contributed by atoms with E-state index in [4.69, 9.17) is 10.9 Å². The number of nitrogens with two attached hydrogens (primary N) is 1. The highest BCUT2D eigenvalue weighted by Crippen LogP contribution is 2.23. The van der Waals surface area contributed by atoms with Crippen LogP contribution in [0.15, 0.2) is 47.6 Å². The second-order valence-corrected chi connectivity index (χ2v) is 4.96. The van der Waals surface area contributed by atoms with Crippen LogP contribution in [-0.4, -0.2) is 18.1 Å². The number of benzene rings is 2. The highest BCUT2D eigenvalue weighted by molar-refractivity contribution is 6.02. The van der Waals surface area contributed by atoms with Crippen molar-refractivity contribution < 1.29 is 9.60 Å². The fraction of sp³-hybridized carbons (Fsp3) is 0.188. The molecule has 0 atom stereocenters. The van der Waals surface area contributed by atoms with Crippen LogP contribution >= 0.6 is 0 Å². The molecule has 0 radical (unpaired) electrons. The van der Waals surface area contributed by atoms with E-state index in [9.17, 15) is 4.39 Å². The van der Waals surface area contributed by atoms with E-state index in [1.54, 1.807) is 12.1 Å². The van der Waals surface area contributed by atoms with E-state index in [0.29, 0.717) is 12.2 Å². The molecule has 2 aromatic carbocycles. The minimum atomic E-state index is -0.515. The summed E-state index contributed by atoms with van der Waals surface area (Å²) in [5.74, 6) is -0.752. The first kappa shape index (κ1) is 14.8. The Morgan fingerprint density at radius 3 is 2.67 bits per heavy atom. The van der Waals surface area contributed by atoms with Gasteiger partial charge in [-0.2, -0.15) is 0 Å². The molecule has 0 saturated carbocycles. The van der Waals surface area contributed by atoms with Gasteiger partial charge in [0, 0.05) is 13.6 Å². The van der Waals surface area contributed by atoms with E-state index >= 15 is 0 Å². The van der Waals surface area contributed by atoms with Crippen molar-refractivity contribution in [3.05, 3.63) is 65.0 Å². The molecule has 0 aliphatic carbocycles. The molecular weight excluding hydrogens is 269 g/mol. The van der Waals surface area contributed by atoms with Crippen molar-refractivity contribution in [1.82, 2.24) is 0 Å². The van der Waals surface area contributed by atoms with Crippen LogP contribution in [0.25, 0.3) is 0 Å². The average molecular weight is 287 g/mol. The molecular formula is C16H18FN3O. The van der Waals surface area contributed by atoms with Gasteiger partial charge in [0.05, 0.1) is 11.3 Å². The molecule has 0 aromatic heterocycles. The van der Waals surface area contributed by atoms with Gasteiger partial charge < -0.3 is 15.8 Å². The quantitative estimate of drug-likeness (QED) is 0.393. The summed E-state index contributed by atoms with van der Waals surface area (Å²) >= 11 is 0. The summed E-state index contributed by atoms with van der Waals surface area (Å²) in [6, 6.07) is 12.7. The highest BCUT2D eigenvalue weighted by Gasteiger charge is 2.16. The minimum absolute atomic E-state index is 0.107. The van der Waals surface area contributed by atoms with Crippen LogP contribution in [0.2, 0.25) is 0 Å². The van der Waals surface area contributed by atoms with E-state index in [0.717, 1.165) is 11.1 Å². The summed E-state index contributed by atoms with van der Waals surface area (Å²) in [7, 11) is 1.84. The molecule has 0 aliphatic rings. The molecule has 21 heavy (non-hydrogen) atoms. The first-order valence-electron chi connectivity index (χ1n) is 6.56. The fourth-order valence-electron chi connectivity index (χ4n) is 2.30. The Morgan fingerprint density at radius 2 is 2.00 bits per heavy atom. The summed E-state index contributed by atoms with van der Waals surface area (Å²) in [6.07, 6.45) is 0. The van der Waals surface area contributed by atoms with Crippen molar-refractivity contribution in [2.45, 2.75) is 13.5 Å². The zero-order valence-corrected chi connectivity index (χ0v) is 12.0. The van der Waals surface area contributed by atoms with Gasteiger partial charge in [0.2, 0.25) is 0 Å². The Morgan fingerprint density at radius 1 is 1.29 bits per heavy atom. The minimum Gasteiger partial charge on any atom is -0.409 e. The number of hydrogen-bond acceptors (Lipinski definition) is 3. The predicted octanol–water partition coefficient (Wildman–Crippen LogP) is 2.87. The summed E-state index contributed by atoms with van der Waals surface area (Å²) in [4.78, 5) is 1.87. The molecule has 0 heterocycles. The standard InChI is InChI=1S/C16H18FN3O/c1-11-5-3-6-12(9-11)10-20(2)14-8-4-7-13(17)15(14)16(18)19-21/h3-9,21H,10H2,1-2H3,(H2,18,19). The van der Waals surface area contributed by atoms with Crippen LogP contribution in [0.5, 0.6) is 0 Å². The third kappa shape index (κ3) is 3.31. The molecule has 4 nitrogen and oxygen atoms in total.